The van der Waals surface area contributed by atoms with E-state index in [1.54, 1.807) is 0 Å². The van der Waals surface area contributed by atoms with E-state index < -0.39 is 0 Å². The summed E-state index contributed by atoms with van der Waals surface area (Å²) in [5.74, 6) is 1.11. The Morgan fingerprint density at radius 1 is 1.04 bits per heavy atom. The van der Waals surface area contributed by atoms with Gasteiger partial charge in [-0.2, -0.15) is 0 Å². The van der Waals surface area contributed by atoms with E-state index in [0.717, 1.165) is 5.92 Å². The second-order valence-electron chi connectivity index (χ2n) is 9.00. The number of nitrogens with zero attached hydrogens (tertiary/aromatic N) is 2. The normalized spacial score (nSPS) is 23.3. The van der Waals surface area contributed by atoms with E-state index in [-0.39, 0.29) is 24.4 Å². The zero-order valence-electron chi connectivity index (χ0n) is 17.5. The molecule has 1 unspecified atom stereocenters. The van der Waals surface area contributed by atoms with Crippen molar-refractivity contribution in [1.29, 1.82) is 0 Å². The molecule has 154 valence electrons. The fourth-order valence-corrected chi connectivity index (χ4v) is 4.30. The Hall–Kier alpha value is -1.94. The van der Waals surface area contributed by atoms with Crippen LogP contribution in [0.25, 0.3) is 0 Å². The van der Waals surface area contributed by atoms with Crippen molar-refractivity contribution < 1.29 is 4.79 Å². The zero-order valence-corrected chi connectivity index (χ0v) is 18.3. The predicted octanol–water partition coefficient (Wildman–Crippen LogP) is 5.37. The molecule has 1 aromatic carbocycles. The molecule has 3 rings (SSSR count). The molecular formula is C23H34ClN3O. The monoisotopic (exact) mass is 403 g/mol. The highest BCUT2D eigenvalue weighted by Crippen LogP contribution is 2.45. The van der Waals surface area contributed by atoms with Crippen LogP contribution in [0.2, 0.25) is 0 Å². The van der Waals surface area contributed by atoms with Crippen molar-refractivity contribution in [3.05, 3.63) is 54.6 Å². The van der Waals surface area contributed by atoms with Crippen LogP contribution in [-0.4, -0.2) is 16.8 Å². The van der Waals surface area contributed by atoms with Crippen LogP contribution < -0.4 is 10.6 Å². The first-order valence-electron chi connectivity index (χ1n) is 10.1. The molecule has 0 spiro atoms. The van der Waals surface area contributed by atoms with Gasteiger partial charge in [0.1, 0.15) is 6.04 Å². The van der Waals surface area contributed by atoms with E-state index in [0.29, 0.717) is 11.3 Å². The molecule has 1 heterocycles. The predicted molar refractivity (Wildman–Crippen MR) is 119 cm³/mol. The quantitative estimate of drug-likeness (QED) is 0.735. The Morgan fingerprint density at radius 3 is 2.14 bits per heavy atom. The molecule has 1 aliphatic heterocycles. The standard InChI is InChI=1S/C23H33N3O.ClH/c1-17(22(24)27)25-13-15-26(16-14-25)21-8-6-5-7-20(21)18-9-11-19(12-10-18)23(2,3)4;/h5-8,13-19H,9-12H2,1-4H3,(H2,24,27);1H. The third-order valence-electron chi connectivity index (χ3n) is 6.26. The lowest BCUT2D eigenvalue weighted by Gasteiger charge is -2.38. The van der Waals surface area contributed by atoms with Gasteiger partial charge in [0.05, 0.1) is 0 Å². The average Bonchev–Trinajstić information content (AvgIpc) is 2.67. The molecule has 1 aromatic rings. The smallest absolute Gasteiger partial charge is 0.240 e. The molecule has 1 saturated carbocycles. The van der Waals surface area contributed by atoms with Gasteiger partial charge in [-0.3, -0.25) is 4.79 Å². The van der Waals surface area contributed by atoms with Gasteiger partial charge in [-0.1, -0.05) is 39.0 Å². The first-order chi connectivity index (χ1) is 12.8. The Bertz CT molecular complexity index is 716. The summed E-state index contributed by atoms with van der Waals surface area (Å²) in [5, 5.41) is 0. The van der Waals surface area contributed by atoms with Gasteiger partial charge >= 0.3 is 0 Å². The molecular weight excluding hydrogens is 370 g/mol. The van der Waals surface area contributed by atoms with Crippen LogP contribution in [0.3, 0.4) is 0 Å². The Morgan fingerprint density at radius 2 is 1.61 bits per heavy atom. The Balaban J connectivity index is 0.00000280. The van der Waals surface area contributed by atoms with Crippen molar-refractivity contribution in [2.75, 3.05) is 4.90 Å². The topological polar surface area (TPSA) is 49.6 Å². The Kier molecular flexibility index (Phi) is 7.22. The number of hydrogen-bond donors (Lipinski definition) is 1. The Labute approximate surface area is 175 Å². The number of para-hydroxylation sites is 1. The van der Waals surface area contributed by atoms with Gasteiger partial charge in [-0.15, -0.1) is 12.4 Å². The lowest BCUT2D eigenvalue weighted by Crippen LogP contribution is -2.38. The fourth-order valence-electron chi connectivity index (χ4n) is 4.30. The van der Waals surface area contributed by atoms with Crippen LogP contribution in [0.15, 0.2) is 49.1 Å². The number of amides is 1. The van der Waals surface area contributed by atoms with Crippen molar-refractivity contribution in [1.82, 2.24) is 4.90 Å². The number of benzene rings is 1. The minimum atomic E-state index is -0.345. The number of anilines is 1. The molecule has 4 nitrogen and oxygen atoms in total. The summed E-state index contributed by atoms with van der Waals surface area (Å²) in [4.78, 5) is 15.4. The maximum absolute atomic E-state index is 11.4. The van der Waals surface area contributed by atoms with Crippen molar-refractivity contribution >= 4 is 24.0 Å². The van der Waals surface area contributed by atoms with E-state index >= 15 is 0 Å². The molecule has 28 heavy (non-hydrogen) atoms. The maximum atomic E-state index is 11.4. The van der Waals surface area contributed by atoms with Crippen molar-refractivity contribution in [2.45, 2.75) is 65.3 Å². The number of halogens is 1. The summed E-state index contributed by atoms with van der Waals surface area (Å²) in [6.45, 7) is 8.92. The summed E-state index contributed by atoms with van der Waals surface area (Å²) < 4.78 is 0. The van der Waals surface area contributed by atoms with Crippen LogP contribution in [0.4, 0.5) is 5.69 Å². The molecule has 5 heteroatoms. The molecule has 2 aliphatic rings. The first kappa shape index (κ1) is 22.4. The zero-order chi connectivity index (χ0) is 19.6. The second kappa shape index (κ2) is 9.04. The van der Waals surface area contributed by atoms with Crippen LogP contribution in [0, 0.1) is 11.3 Å². The van der Waals surface area contributed by atoms with Gasteiger partial charge in [0.25, 0.3) is 0 Å². The first-order valence-corrected chi connectivity index (χ1v) is 10.1. The lowest BCUT2D eigenvalue weighted by molar-refractivity contribution is -0.121. The molecule has 1 fully saturated rings. The van der Waals surface area contributed by atoms with E-state index in [4.69, 9.17) is 5.73 Å². The van der Waals surface area contributed by atoms with Crippen LogP contribution in [-0.2, 0) is 4.79 Å². The van der Waals surface area contributed by atoms with Gasteiger partial charge in [0.15, 0.2) is 0 Å². The van der Waals surface area contributed by atoms with E-state index in [1.807, 2.05) is 36.6 Å². The number of primary amides is 1. The van der Waals surface area contributed by atoms with Gasteiger partial charge in [-0.05, 0) is 61.5 Å². The summed E-state index contributed by atoms with van der Waals surface area (Å²) in [6, 6.07) is 8.36. The molecule has 1 amide bonds. The third-order valence-corrected chi connectivity index (χ3v) is 6.26. The second-order valence-corrected chi connectivity index (χ2v) is 9.00. The number of carbonyl (C=O) groups is 1. The van der Waals surface area contributed by atoms with Crippen LogP contribution in [0.1, 0.15) is 64.9 Å². The summed E-state index contributed by atoms with van der Waals surface area (Å²) in [5.41, 5.74) is 8.48. The summed E-state index contributed by atoms with van der Waals surface area (Å²) >= 11 is 0. The van der Waals surface area contributed by atoms with Crippen LogP contribution >= 0.6 is 12.4 Å². The highest BCUT2D eigenvalue weighted by Gasteiger charge is 2.31. The molecule has 0 saturated heterocycles. The average molecular weight is 404 g/mol. The minimum absolute atomic E-state index is 0. The van der Waals surface area contributed by atoms with Gasteiger partial charge < -0.3 is 15.5 Å². The van der Waals surface area contributed by atoms with Crippen molar-refractivity contribution in [2.24, 2.45) is 17.1 Å². The SMILES string of the molecule is CC(C(N)=O)N1C=CN(c2ccccc2C2CCC(C(C)(C)C)CC2)C=C1.Cl. The van der Waals surface area contributed by atoms with Crippen molar-refractivity contribution in [3.8, 4) is 0 Å². The molecule has 2 N–H and O–H groups in total. The van der Waals surface area contributed by atoms with Gasteiger partial charge in [0, 0.05) is 30.5 Å². The van der Waals surface area contributed by atoms with E-state index in [2.05, 4.69) is 49.9 Å². The maximum Gasteiger partial charge on any atom is 0.240 e. The van der Waals surface area contributed by atoms with E-state index in [9.17, 15) is 4.79 Å². The molecule has 0 radical (unpaired) electrons. The van der Waals surface area contributed by atoms with Crippen molar-refractivity contribution in [3.63, 3.8) is 0 Å². The molecule has 1 aliphatic carbocycles. The minimum Gasteiger partial charge on any atom is -0.368 e. The summed E-state index contributed by atoms with van der Waals surface area (Å²) in [6.07, 6.45) is 13.0. The highest BCUT2D eigenvalue weighted by atomic mass is 35.5. The number of rotatable bonds is 4. The number of carbonyl (C=O) groups excluding carboxylic acids is 1. The van der Waals surface area contributed by atoms with E-state index in [1.165, 1.54) is 36.9 Å². The van der Waals surface area contributed by atoms with Gasteiger partial charge in [-0.25, -0.2) is 0 Å². The lowest BCUT2D eigenvalue weighted by atomic mass is 9.68. The summed E-state index contributed by atoms with van der Waals surface area (Å²) in [7, 11) is 0. The number of nitrogens with two attached hydrogens (primary N) is 1. The van der Waals surface area contributed by atoms with Gasteiger partial charge in [0.2, 0.25) is 5.91 Å². The highest BCUT2D eigenvalue weighted by molar-refractivity contribution is 5.85. The fraction of sp³-hybridized carbons (Fsp3) is 0.522. The molecule has 0 aromatic heterocycles. The third kappa shape index (κ3) is 4.91. The number of hydrogen-bond acceptors (Lipinski definition) is 3. The largest absolute Gasteiger partial charge is 0.368 e. The molecule has 0 bridgehead atoms. The molecule has 1 atom stereocenters. The van der Waals surface area contributed by atoms with Crippen LogP contribution in [0.5, 0.6) is 0 Å².